The molecule has 4 heteroatoms. The van der Waals surface area contributed by atoms with Crippen molar-refractivity contribution in [3.63, 3.8) is 0 Å². The molecule has 1 aliphatic rings. The fourth-order valence-electron chi connectivity index (χ4n) is 2.63. The lowest BCUT2D eigenvalue weighted by Crippen LogP contribution is -2.47. The van der Waals surface area contributed by atoms with E-state index in [1.807, 2.05) is 44.2 Å². The molecule has 0 aromatic heterocycles. The molecule has 0 saturated carbocycles. The lowest BCUT2D eigenvalue weighted by atomic mass is 9.92. The predicted octanol–water partition coefficient (Wildman–Crippen LogP) is 3.03. The second-order valence-corrected chi connectivity index (χ2v) is 5.00. The van der Waals surface area contributed by atoms with E-state index in [9.17, 15) is 9.59 Å². The third-order valence-electron chi connectivity index (χ3n) is 3.56. The molecule has 1 atom stereocenters. The topological polar surface area (TPSA) is 49.4 Å². The standard InChI is InChI=1S/C16H20N2O2/c1-4-10-18-11(2)14(12(3)19)15(17-16(18)20)13-8-6-5-7-9-13/h5-9,15H,4,10H2,1-3H3,(H,17,20)/t15-/m1/s1. The minimum absolute atomic E-state index is 0.00236. The number of carbonyl (C=O) groups is 2. The maximum absolute atomic E-state index is 12.2. The summed E-state index contributed by atoms with van der Waals surface area (Å²) in [5.74, 6) is -0.00236. The van der Waals surface area contributed by atoms with Gasteiger partial charge in [-0.3, -0.25) is 9.69 Å². The Morgan fingerprint density at radius 2 is 1.95 bits per heavy atom. The number of hydrogen-bond acceptors (Lipinski definition) is 2. The number of rotatable bonds is 4. The average molecular weight is 272 g/mol. The van der Waals surface area contributed by atoms with Crippen molar-refractivity contribution in [3.05, 3.63) is 47.2 Å². The van der Waals surface area contributed by atoms with Crippen LogP contribution in [0.3, 0.4) is 0 Å². The van der Waals surface area contributed by atoms with Crippen molar-refractivity contribution in [1.82, 2.24) is 10.2 Å². The van der Waals surface area contributed by atoms with E-state index in [4.69, 9.17) is 0 Å². The quantitative estimate of drug-likeness (QED) is 0.916. The molecule has 1 aromatic carbocycles. The van der Waals surface area contributed by atoms with Crippen LogP contribution in [0.5, 0.6) is 0 Å². The first kappa shape index (κ1) is 14.3. The first-order chi connectivity index (χ1) is 9.56. The highest BCUT2D eigenvalue weighted by molar-refractivity contribution is 5.98. The molecule has 1 aromatic rings. The SMILES string of the molecule is CCCN1C(=O)N[C@H](c2ccccc2)C(C(C)=O)=C1C. The summed E-state index contributed by atoms with van der Waals surface area (Å²) in [7, 11) is 0. The van der Waals surface area contributed by atoms with E-state index in [0.29, 0.717) is 12.1 Å². The molecule has 0 unspecified atom stereocenters. The highest BCUT2D eigenvalue weighted by Gasteiger charge is 2.33. The van der Waals surface area contributed by atoms with Crippen molar-refractivity contribution < 1.29 is 9.59 Å². The summed E-state index contributed by atoms with van der Waals surface area (Å²) in [6.07, 6.45) is 0.853. The molecule has 106 valence electrons. The van der Waals surface area contributed by atoms with E-state index >= 15 is 0 Å². The molecule has 1 aliphatic heterocycles. The van der Waals surface area contributed by atoms with Crippen LogP contribution in [0.25, 0.3) is 0 Å². The van der Waals surface area contributed by atoms with E-state index < -0.39 is 0 Å². The molecule has 0 saturated heterocycles. The van der Waals surface area contributed by atoms with Gasteiger partial charge in [-0.2, -0.15) is 0 Å². The van der Waals surface area contributed by atoms with Crippen LogP contribution in [0.1, 0.15) is 38.8 Å². The van der Waals surface area contributed by atoms with E-state index in [1.54, 1.807) is 11.8 Å². The molecule has 0 fully saturated rings. The third-order valence-corrected chi connectivity index (χ3v) is 3.56. The fourth-order valence-corrected chi connectivity index (χ4v) is 2.63. The van der Waals surface area contributed by atoms with Crippen LogP contribution in [0, 0.1) is 0 Å². The van der Waals surface area contributed by atoms with Gasteiger partial charge in [-0.1, -0.05) is 37.3 Å². The summed E-state index contributed by atoms with van der Waals surface area (Å²) in [6, 6.07) is 9.10. The maximum Gasteiger partial charge on any atom is 0.322 e. The molecule has 20 heavy (non-hydrogen) atoms. The summed E-state index contributed by atoms with van der Waals surface area (Å²) in [6.45, 7) is 6.03. The number of benzene rings is 1. The average Bonchev–Trinajstić information content (AvgIpc) is 2.43. The van der Waals surface area contributed by atoms with Gasteiger partial charge in [0.2, 0.25) is 0 Å². The van der Waals surface area contributed by atoms with Gasteiger partial charge < -0.3 is 5.32 Å². The van der Waals surface area contributed by atoms with Crippen LogP contribution in [0.2, 0.25) is 0 Å². The van der Waals surface area contributed by atoms with Gasteiger partial charge in [0, 0.05) is 17.8 Å². The zero-order valence-electron chi connectivity index (χ0n) is 12.1. The zero-order chi connectivity index (χ0) is 14.7. The van der Waals surface area contributed by atoms with Gasteiger partial charge in [-0.25, -0.2) is 4.79 Å². The number of nitrogens with zero attached hydrogens (tertiary/aromatic N) is 1. The Balaban J connectivity index is 2.48. The van der Waals surface area contributed by atoms with Gasteiger partial charge in [0.15, 0.2) is 5.78 Å². The number of urea groups is 1. The van der Waals surface area contributed by atoms with Crippen LogP contribution >= 0.6 is 0 Å². The predicted molar refractivity (Wildman–Crippen MR) is 78.1 cm³/mol. The number of hydrogen-bond donors (Lipinski definition) is 1. The number of ketones is 1. The molecule has 0 spiro atoms. The van der Waals surface area contributed by atoms with Crippen molar-refractivity contribution in [2.75, 3.05) is 6.54 Å². The van der Waals surface area contributed by atoms with Crippen molar-refractivity contribution in [2.45, 2.75) is 33.2 Å². The minimum Gasteiger partial charge on any atom is -0.327 e. The van der Waals surface area contributed by atoms with Gasteiger partial charge in [0.05, 0.1) is 6.04 Å². The molecule has 1 N–H and O–H groups in total. The van der Waals surface area contributed by atoms with Crippen LogP contribution in [-0.2, 0) is 4.79 Å². The van der Waals surface area contributed by atoms with Gasteiger partial charge in [-0.15, -0.1) is 0 Å². The normalized spacial score (nSPS) is 19.1. The lowest BCUT2D eigenvalue weighted by Gasteiger charge is -2.35. The van der Waals surface area contributed by atoms with Gasteiger partial charge in [-0.05, 0) is 25.8 Å². The second kappa shape index (κ2) is 5.90. The molecule has 2 rings (SSSR count). The smallest absolute Gasteiger partial charge is 0.322 e. The van der Waals surface area contributed by atoms with E-state index in [2.05, 4.69) is 5.32 Å². The Morgan fingerprint density at radius 3 is 2.50 bits per heavy atom. The second-order valence-electron chi connectivity index (χ2n) is 5.00. The first-order valence-electron chi connectivity index (χ1n) is 6.91. The Labute approximate surface area is 119 Å². The largest absolute Gasteiger partial charge is 0.327 e. The molecular weight excluding hydrogens is 252 g/mol. The Morgan fingerprint density at radius 1 is 1.30 bits per heavy atom. The number of carbonyl (C=O) groups excluding carboxylic acids is 2. The lowest BCUT2D eigenvalue weighted by molar-refractivity contribution is -0.114. The van der Waals surface area contributed by atoms with E-state index in [1.165, 1.54) is 0 Å². The Bertz CT molecular complexity index is 549. The van der Waals surface area contributed by atoms with E-state index in [0.717, 1.165) is 17.7 Å². The first-order valence-corrected chi connectivity index (χ1v) is 6.91. The van der Waals surface area contributed by atoms with Crippen molar-refractivity contribution in [2.24, 2.45) is 0 Å². The monoisotopic (exact) mass is 272 g/mol. The molecule has 0 bridgehead atoms. The van der Waals surface area contributed by atoms with Crippen molar-refractivity contribution >= 4 is 11.8 Å². The molecular formula is C16H20N2O2. The van der Waals surface area contributed by atoms with Crippen molar-refractivity contribution in [1.29, 1.82) is 0 Å². The third kappa shape index (κ3) is 2.59. The summed E-state index contributed by atoms with van der Waals surface area (Å²) < 4.78 is 0. The summed E-state index contributed by atoms with van der Waals surface area (Å²) in [5, 5.41) is 2.94. The Hall–Kier alpha value is -2.10. The number of Topliss-reactive ketones (excluding diaryl/α,β-unsaturated/α-hetero) is 1. The molecule has 4 nitrogen and oxygen atoms in total. The maximum atomic E-state index is 12.2. The number of nitrogens with one attached hydrogen (secondary N) is 1. The van der Waals surface area contributed by atoms with Gasteiger partial charge in [0.25, 0.3) is 0 Å². The number of amides is 2. The van der Waals surface area contributed by atoms with Crippen LogP contribution in [0.4, 0.5) is 4.79 Å². The highest BCUT2D eigenvalue weighted by Crippen LogP contribution is 2.30. The van der Waals surface area contributed by atoms with Crippen LogP contribution in [0.15, 0.2) is 41.6 Å². The summed E-state index contributed by atoms with van der Waals surface area (Å²) >= 11 is 0. The van der Waals surface area contributed by atoms with E-state index in [-0.39, 0.29) is 17.9 Å². The fraction of sp³-hybridized carbons (Fsp3) is 0.375. The molecule has 1 heterocycles. The number of allylic oxidation sites excluding steroid dienone is 1. The van der Waals surface area contributed by atoms with Gasteiger partial charge in [0.1, 0.15) is 0 Å². The Kier molecular flexibility index (Phi) is 4.23. The summed E-state index contributed by atoms with van der Waals surface area (Å²) in [5.41, 5.74) is 2.36. The molecule has 0 radical (unpaired) electrons. The van der Waals surface area contributed by atoms with Crippen LogP contribution in [-0.4, -0.2) is 23.3 Å². The van der Waals surface area contributed by atoms with Crippen molar-refractivity contribution in [3.8, 4) is 0 Å². The minimum atomic E-state index is -0.352. The summed E-state index contributed by atoms with van der Waals surface area (Å²) in [4.78, 5) is 25.9. The molecule has 0 aliphatic carbocycles. The highest BCUT2D eigenvalue weighted by atomic mass is 16.2. The van der Waals surface area contributed by atoms with Gasteiger partial charge >= 0.3 is 6.03 Å². The zero-order valence-corrected chi connectivity index (χ0v) is 12.1. The van der Waals surface area contributed by atoms with Crippen LogP contribution < -0.4 is 5.32 Å². The molecule has 2 amide bonds.